The van der Waals surface area contributed by atoms with Gasteiger partial charge in [-0.15, -0.1) is 0 Å². The lowest BCUT2D eigenvalue weighted by atomic mass is 9.94. The second-order valence-electron chi connectivity index (χ2n) is 8.67. The Morgan fingerprint density at radius 2 is 1.03 bits per heavy atom. The highest BCUT2D eigenvalue weighted by Gasteiger charge is 2.13. The largest absolute Gasteiger partial charge is 0.354 e. The molecule has 1 heterocycles. The number of rotatable bonds is 2. The molecule has 7 rings (SSSR count). The fourth-order valence-corrected chi connectivity index (χ4v) is 5.27. The second-order valence-corrected chi connectivity index (χ2v) is 8.67. The zero-order valence-corrected chi connectivity index (χ0v) is 18.0. The summed E-state index contributed by atoms with van der Waals surface area (Å²) in [5.41, 5.74) is 7.34. The molecule has 0 aliphatic carbocycles. The first-order valence-corrected chi connectivity index (χ1v) is 11.4. The molecule has 0 spiro atoms. The Kier molecular flexibility index (Phi) is 3.91. The maximum Gasteiger partial charge on any atom is 0.0544 e. The maximum absolute atomic E-state index is 3.73. The average Bonchev–Trinajstić information content (AvgIpc) is 3.28. The molecule has 1 nitrogen and oxygen atoms in total. The summed E-state index contributed by atoms with van der Waals surface area (Å²) in [5.74, 6) is 0. The van der Waals surface area contributed by atoms with Crippen molar-refractivity contribution in [3.05, 3.63) is 121 Å². The van der Waals surface area contributed by atoms with Crippen LogP contribution in [0.2, 0.25) is 0 Å². The number of benzene rings is 6. The number of fused-ring (bicyclic) bond motifs is 6. The van der Waals surface area contributed by atoms with Crippen LogP contribution in [0.5, 0.6) is 0 Å². The van der Waals surface area contributed by atoms with Gasteiger partial charge in [0, 0.05) is 21.9 Å². The van der Waals surface area contributed by atoms with E-state index in [1.807, 2.05) is 0 Å². The highest BCUT2D eigenvalue weighted by Crippen LogP contribution is 2.38. The van der Waals surface area contributed by atoms with Crippen molar-refractivity contribution in [2.75, 3.05) is 0 Å². The van der Waals surface area contributed by atoms with Crippen LogP contribution in [0.1, 0.15) is 0 Å². The summed E-state index contributed by atoms with van der Waals surface area (Å²) in [6.07, 6.45) is 0. The minimum atomic E-state index is 1.18. The third kappa shape index (κ3) is 2.79. The summed E-state index contributed by atoms with van der Waals surface area (Å²) in [5, 5.41) is 7.69. The molecular formula is C32H21N. The monoisotopic (exact) mass is 419 g/mol. The molecule has 0 fully saturated rings. The van der Waals surface area contributed by atoms with E-state index in [0.717, 1.165) is 0 Å². The van der Waals surface area contributed by atoms with Crippen molar-refractivity contribution in [2.24, 2.45) is 0 Å². The van der Waals surface area contributed by atoms with Gasteiger partial charge in [-0.1, -0.05) is 109 Å². The highest BCUT2D eigenvalue weighted by molar-refractivity contribution is 6.22. The molecular weight excluding hydrogens is 398 g/mol. The molecule has 0 aliphatic rings. The molecule has 0 bridgehead atoms. The standard InChI is InChI=1S/C32H21N/c1-3-13-25-21(8-1)10-6-15-26(25)23-11-5-12-24(20-23)28-16-7-17-29-31-27-14-4-2-9-22(27)18-19-30(31)33-32(28)29/h1-20,33H. The molecule has 154 valence electrons. The van der Waals surface area contributed by atoms with Gasteiger partial charge in [0.25, 0.3) is 0 Å². The molecule has 1 N–H and O–H groups in total. The molecule has 0 saturated heterocycles. The highest BCUT2D eigenvalue weighted by atomic mass is 14.7. The van der Waals surface area contributed by atoms with Gasteiger partial charge in [-0.3, -0.25) is 0 Å². The van der Waals surface area contributed by atoms with E-state index in [2.05, 4.69) is 126 Å². The van der Waals surface area contributed by atoms with Crippen molar-refractivity contribution in [1.82, 2.24) is 4.98 Å². The molecule has 7 aromatic rings. The van der Waals surface area contributed by atoms with Gasteiger partial charge in [-0.25, -0.2) is 0 Å². The number of H-pyrrole nitrogens is 1. The van der Waals surface area contributed by atoms with Crippen molar-refractivity contribution in [2.45, 2.75) is 0 Å². The molecule has 0 amide bonds. The van der Waals surface area contributed by atoms with Crippen LogP contribution < -0.4 is 0 Å². The van der Waals surface area contributed by atoms with Crippen LogP contribution in [0.4, 0.5) is 0 Å². The average molecular weight is 420 g/mol. The van der Waals surface area contributed by atoms with E-state index in [1.54, 1.807) is 0 Å². The first-order valence-electron chi connectivity index (χ1n) is 11.4. The first kappa shape index (κ1) is 18.2. The Morgan fingerprint density at radius 1 is 0.424 bits per heavy atom. The van der Waals surface area contributed by atoms with Crippen LogP contribution in [0.15, 0.2) is 121 Å². The van der Waals surface area contributed by atoms with Crippen molar-refractivity contribution in [3.63, 3.8) is 0 Å². The second kappa shape index (κ2) is 7.08. The lowest BCUT2D eigenvalue weighted by molar-refractivity contribution is 1.54. The molecule has 0 unspecified atom stereocenters. The van der Waals surface area contributed by atoms with Gasteiger partial charge < -0.3 is 4.98 Å². The number of aromatic amines is 1. The van der Waals surface area contributed by atoms with Gasteiger partial charge in [0.2, 0.25) is 0 Å². The van der Waals surface area contributed by atoms with E-state index in [1.165, 1.54) is 65.6 Å². The van der Waals surface area contributed by atoms with Crippen LogP contribution >= 0.6 is 0 Å². The Hall–Kier alpha value is -4.36. The summed E-state index contributed by atoms with van der Waals surface area (Å²) in [7, 11) is 0. The Balaban J connectivity index is 1.47. The summed E-state index contributed by atoms with van der Waals surface area (Å²) < 4.78 is 0. The van der Waals surface area contributed by atoms with Crippen LogP contribution in [0, 0.1) is 0 Å². The number of hydrogen-bond acceptors (Lipinski definition) is 0. The maximum atomic E-state index is 3.73. The van der Waals surface area contributed by atoms with Crippen LogP contribution in [0.25, 0.3) is 65.6 Å². The van der Waals surface area contributed by atoms with Gasteiger partial charge in [0.1, 0.15) is 0 Å². The lowest BCUT2D eigenvalue weighted by Gasteiger charge is -2.10. The van der Waals surface area contributed by atoms with E-state index >= 15 is 0 Å². The van der Waals surface area contributed by atoms with E-state index in [0.29, 0.717) is 0 Å². The molecule has 1 heteroatoms. The molecule has 0 aliphatic heterocycles. The van der Waals surface area contributed by atoms with Gasteiger partial charge in [-0.2, -0.15) is 0 Å². The molecule has 1 aromatic heterocycles. The number of hydrogen-bond donors (Lipinski definition) is 1. The van der Waals surface area contributed by atoms with Crippen molar-refractivity contribution < 1.29 is 0 Å². The van der Waals surface area contributed by atoms with Crippen LogP contribution in [-0.4, -0.2) is 4.98 Å². The lowest BCUT2D eigenvalue weighted by Crippen LogP contribution is -1.84. The predicted molar refractivity (Wildman–Crippen MR) is 142 cm³/mol. The number of nitrogens with one attached hydrogen (secondary N) is 1. The van der Waals surface area contributed by atoms with Crippen LogP contribution in [0.3, 0.4) is 0 Å². The zero-order chi connectivity index (χ0) is 21.8. The van der Waals surface area contributed by atoms with E-state index in [9.17, 15) is 0 Å². The van der Waals surface area contributed by atoms with Crippen LogP contribution in [-0.2, 0) is 0 Å². The molecule has 0 saturated carbocycles. The normalized spacial score (nSPS) is 11.6. The quantitative estimate of drug-likeness (QED) is 0.288. The smallest absolute Gasteiger partial charge is 0.0544 e. The topological polar surface area (TPSA) is 15.8 Å². The van der Waals surface area contributed by atoms with Crippen molar-refractivity contribution >= 4 is 43.4 Å². The first-order chi connectivity index (χ1) is 16.4. The van der Waals surface area contributed by atoms with Crippen molar-refractivity contribution in [3.8, 4) is 22.3 Å². The molecule has 33 heavy (non-hydrogen) atoms. The fraction of sp³-hybridized carbons (Fsp3) is 0. The molecule has 6 aromatic carbocycles. The van der Waals surface area contributed by atoms with Gasteiger partial charge in [0.05, 0.1) is 5.52 Å². The minimum absolute atomic E-state index is 1.18. The third-order valence-electron chi connectivity index (χ3n) is 6.80. The molecule has 0 radical (unpaired) electrons. The number of para-hydroxylation sites is 1. The Labute approximate surface area is 191 Å². The predicted octanol–water partition coefficient (Wildman–Crippen LogP) is 8.96. The fourth-order valence-electron chi connectivity index (χ4n) is 5.27. The minimum Gasteiger partial charge on any atom is -0.354 e. The third-order valence-corrected chi connectivity index (χ3v) is 6.80. The van der Waals surface area contributed by atoms with Crippen molar-refractivity contribution in [1.29, 1.82) is 0 Å². The summed E-state index contributed by atoms with van der Waals surface area (Å²) >= 11 is 0. The van der Waals surface area contributed by atoms with E-state index in [4.69, 9.17) is 0 Å². The van der Waals surface area contributed by atoms with Gasteiger partial charge in [0.15, 0.2) is 0 Å². The molecule has 0 atom stereocenters. The Morgan fingerprint density at radius 3 is 1.91 bits per heavy atom. The van der Waals surface area contributed by atoms with E-state index < -0.39 is 0 Å². The van der Waals surface area contributed by atoms with Gasteiger partial charge in [-0.05, 0) is 50.4 Å². The number of aromatic nitrogens is 1. The SMILES string of the molecule is c1cc(-c2cccc3ccccc23)cc(-c2cccc3c2[nH]c2ccc4ccccc4c23)c1. The van der Waals surface area contributed by atoms with Gasteiger partial charge >= 0.3 is 0 Å². The Bertz CT molecular complexity index is 1810. The summed E-state index contributed by atoms with van der Waals surface area (Å²) in [6, 6.07) is 43.7. The summed E-state index contributed by atoms with van der Waals surface area (Å²) in [4.78, 5) is 3.73. The summed E-state index contributed by atoms with van der Waals surface area (Å²) in [6.45, 7) is 0. The van der Waals surface area contributed by atoms with E-state index in [-0.39, 0.29) is 0 Å². The zero-order valence-electron chi connectivity index (χ0n) is 18.0.